The maximum Gasteiger partial charge on any atom is 0.387 e. The van der Waals surface area contributed by atoms with Gasteiger partial charge in [0.05, 0.1) is 24.9 Å². The Morgan fingerprint density at radius 3 is 2.96 bits per heavy atom. The van der Waals surface area contributed by atoms with Gasteiger partial charge in [-0.25, -0.2) is 4.98 Å². The first-order valence-corrected chi connectivity index (χ1v) is 8.22. The molecule has 1 aliphatic rings. The highest BCUT2D eigenvalue weighted by Gasteiger charge is 2.23. The lowest BCUT2D eigenvalue weighted by atomic mass is 10.1. The SMILES string of the molecule is CC1COCCN1c1cc(OC(F)F)c2ccnc(-c3ccn[nH]3)c2n1. The molecule has 0 aliphatic carbocycles. The number of rotatable bonds is 4. The van der Waals surface area contributed by atoms with Crippen LogP contribution in [-0.2, 0) is 4.74 Å². The zero-order chi connectivity index (χ0) is 18.1. The highest BCUT2D eigenvalue weighted by Crippen LogP contribution is 2.34. The molecule has 3 aromatic heterocycles. The second-order valence-electron chi connectivity index (χ2n) is 6.00. The van der Waals surface area contributed by atoms with E-state index in [1.807, 2.05) is 11.8 Å². The predicted octanol–water partition coefficient (Wildman–Crippen LogP) is 2.85. The van der Waals surface area contributed by atoms with Crippen LogP contribution in [0.4, 0.5) is 14.6 Å². The standard InChI is InChI=1S/C17H17F2N5O2/c1-10-9-25-7-6-24(10)14-8-13(26-17(18)19)11-2-4-20-16(15(11)22-14)12-3-5-21-23-12/h2-5,8,10,17H,6-7,9H2,1H3,(H,21,23). The van der Waals surface area contributed by atoms with Crippen LogP contribution in [-0.4, -0.2) is 52.6 Å². The molecule has 7 nitrogen and oxygen atoms in total. The lowest BCUT2D eigenvalue weighted by Gasteiger charge is -2.34. The highest BCUT2D eigenvalue weighted by molar-refractivity contribution is 5.95. The van der Waals surface area contributed by atoms with Crippen molar-refractivity contribution < 1.29 is 18.3 Å². The number of nitrogens with one attached hydrogen (secondary N) is 1. The summed E-state index contributed by atoms with van der Waals surface area (Å²) in [6, 6.07) is 4.99. The Kier molecular flexibility index (Phi) is 4.37. The molecule has 26 heavy (non-hydrogen) atoms. The number of alkyl halides is 2. The molecule has 1 saturated heterocycles. The van der Waals surface area contributed by atoms with E-state index in [0.29, 0.717) is 47.9 Å². The average molecular weight is 361 g/mol. The normalized spacial score (nSPS) is 17.8. The van der Waals surface area contributed by atoms with Crippen molar-refractivity contribution in [3.05, 3.63) is 30.6 Å². The number of morpholine rings is 1. The first kappa shape index (κ1) is 16.6. The molecule has 4 heterocycles. The summed E-state index contributed by atoms with van der Waals surface area (Å²) >= 11 is 0. The molecule has 1 aliphatic heterocycles. The van der Waals surface area contributed by atoms with Crippen molar-refractivity contribution >= 4 is 16.7 Å². The van der Waals surface area contributed by atoms with Crippen molar-refractivity contribution in [3.8, 4) is 17.1 Å². The predicted molar refractivity (Wildman–Crippen MR) is 91.4 cm³/mol. The van der Waals surface area contributed by atoms with Gasteiger partial charge in [-0.2, -0.15) is 13.9 Å². The van der Waals surface area contributed by atoms with E-state index in [1.165, 1.54) is 6.20 Å². The van der Waals surface area contributed by atoms with Gasteiger partial charge in [-0.3, -0.25) is 10.1 Å². The molecule has 1 unspecified atom stereocenters. The fourth-order valence-electron chi connectivity index (χ4n) is 3.10. The van der Waals surface area contributed by atoms with Gasteiger partial charge in [0.1, 0.15) is 22.8 Å². The molecule has 0 aromatic carbocycles. The number of fused-ring (bicyclic) bond motifs is 1. The van der Waals surface area contributed by atoms with Crippen LogP contribution < -0.4 is 9.64 Å². The van der Waals surface area contributed by atoms with Gasteiger partial charge in [-0.15, -0.1) is 0 Å². The topological polar surface area (TPSA) is 76.2 Å². The van der Waals surface area contributed by atoms with Crippen molar-refractivity contribution in [3.63, 3.8) is 0 Å². The molecule has 0 bridgehead atoms. The number of hydrogen-bond donors (Lipinski definition) is 1. The van der Waals surface area contributed by atoms with E-state index in [-0.39, 0.29) is 11.8 Å². The summed E-state index contributed by atoms with van der Waals surface area (Å²) in [5.74, 6) is 0.625. The van der Waals surface area contributed by atoms with Gasteiger partial charge in [0.15, 0.2) is 0 Å². The van der Waals surface area contributed by atoms with E-state index in [0.717, 1.165) is 0 Å². The van der Waals surface area contributed by atoms with E-state index in [2.05, 4.69) is 15.2 Å². The zero-order valence-corrected chi connectivity index (χ0v) is 14.0. The van der Waals surface area contributed by atoms with Crippen LogP contribution in [0.15, 0.2) is 30.6 Å². The summed E-state index contributed by atoms with van der Waals surface area (Å²) in [7, 11) is 0. The van der Waals surface area contributed by atoms with Crippen molar-refractivity contribution in [2.45, 2.75) is 19.6 Å². The van der Waals surface area contributed by atoms with Crippen molar-refractivity contribution in [1.29, 1.82) is 0 Å². The molecular formula is C17H17F2N5O2. The Bertz CT molecular complexity index is 904. The zero-order valence-electron chi connectivity index (χ0n) is 14.0. The van der Waals surface area contributed by atoms with Crippen LogP contribution >= 0.6 is 0 Å². The van der Waals surface area contributed by atoms with Gasteiger partial charge in [0.2, 0.25) is 0 Å². The minimum absolute atomic E-state index is 0.0698. The summed E-state index contributed by atoms with van der Waals surface area (Å²) in [5, 5.41) is 7.24. The van der Waals surface area contributed by atoms with Crippen LogP contribution in [0.1, 0.15) is 6.92 Å². The number of aromatic nitrogens is 4. The Balaban J connectivity index is 1.91. The maximum absolute atomic E-state index is 13.0. The fraction of sp³-hybridized carbons (Fsp3) is 0.353. The summed E-state index contributed by atoms with van der Waals surface area (Å²) in [6.07, 6.45) is 3.13. The molecule has 1 fully saturated rings. The third-order valence-electron chi connectivity index (χ3n) is 4.31. The van der Waals surface area contributed by atoms with Crippen molar-refractivity contribution in [2.75, 3.05) is 24.7 Å². The molecule has 1 N–H and O–H groups in total. The summed E-state index contributed by atoms with van der Waals surface area (Å²) < 4.78 is 36.2. The van der Waals surface area contributed by atoms with Crippen LogP contribution in [0.5, 0.6) is 5.75 Å². The highest BCUT2D eigenvalue weighted by atomic mass is 19.3. The Morgan fingerprint density at radius 2 is 2.23 bits per heavy atom. The van der Waals surface area contributed by atoms with E-state index in [9.17, 15) is 8.78 Å². The molecule has 0 spiro atoms. The molecule has 9 heteroatoms. The molecule has 3 aromatic rings. The lowest BCUT2D eigenvalue weighted by Crippen LogP contribution is -2.44. The molecule has 0 saturated carbocycles. The van der Waals surface area contributed by atoms with E-state index in [1.54, 1.807) is 24.4 Å². The van der Waals surface area contributed by atoms with Crippen LogP contribution in [0, 0.1) is 0 Å². The molecule has 1 atom stereocenters. The maximum atomic E-state index is 13.0. The Morgan fingerprint density at radius 1 is 1.35 bits per heavy atom. The monoisotopic (exact) mass is 361 g/mol. The lowest BCUT2D eigenvalue weighted by molar-refractivity contribution is -0.0488. The van der Waals surface area contributed by atoms with Gasteiger partial charge in [-0.1, -0.05) is 0 Å². The Labute approximate surface area is 148 Å². The van der Waals surface area contributed by atoms with Gasteiger partial charge >= 0.3 is 6.61 Å². The third kappa shape index (κ3) is 3.05. The molecule has 0 amide bonds. The molecule has 4 rings (SSSR count). The van der Waals surface area contributed by atoms with E-state index < -0.39 is 6.61 Å². The number of nitrogens with zero attached hydrogens (tertiary/aromatic N) is 4. The van der Waals surface area contributed by atoms with Gasteiger partial charge in [-0.05, 0) is 19.1 Å². The number of pyridine rings is 2. The van der Waals surface area contributed by atoms with Gasteiger partial charge in [0, 0.05) is 30.4 Å². The first-order valence-electron chi connectivity index (χ1n) is 8.22. The Hall–Kier alpha value is -2.81. The smallest absolute Gasteiger partial charge is 0.387 e. The number of hydrogen-bond acceptors (Lipinski definition) is 6. The minimum atomic E-state index is -2.93. The first-order chi connectivity index (χ1) is 12.6. The summed E-state index contributed by atoms with van der Waals surface area (Å²) in [4.78, 5) is 11.1. The second-order valence-corrected chi connectivity index (χ2v) is 6.00. The summed E-state index contributed by atoms with van der Waals surface area (Å²) in [5.41, 5.74) is 1.66. The largest absolute Gasteiger partial charge is 0.434 e. The van der Waals surface area contributed by atoms with Crippen LogP contribution in [0.2, 0.25) is 0 Å². The van der Waals surface area contributed by atoms with Crippen LogP contribution in [0.25, 0.3) is 22.3 Å². The number of anilines is 1. The van der Waals surface area contributed by atoms with E-state index in [4.69, 9.17) is 14.5 Å². The molecular weight excluding hydrogens is 344 g/mol. The third-order valence-corrected chi connectivity index (χ3v) is 4.31. The quantitative estimate of drug-likeness (QED) is 0.770. The number of H-pyrrole nitrogens is 1. The van der Waals surface area contributed by atoms with E-state index >= 15 is 0 Å². The minimum Gasteiger partial charge on any atom is -0.434 e. The number of ether oxygens (including phenoxy) is 2. The van der Waals surface area contributed by atoms with Crippen LogP contribution in [0.3, 0.4) is 0 Å². The fourth-order valence-corrected chi connectivity index (χ4v) is 3.10. The second kappa shape index (κ2) is 6.83. The molecule has 136 valence electrons. The summed E-state index contributed by atoms with van der Waals surface area (Å²) in [6.45, 7) is 0.783. The van der Waals surface area contributed by atoms with Gasteiger partial charge < -0.3 is 14.4 Å². The average Bonchev–Trinajstić information content (AvgIpc) is 3.15. The number of halogens is 2. The van der Waals surface area contributed by atoms with Crippen molar-refractivity contribution in [2.24, 2.45) is 0 Å². The van der Waals surface area contributed by atoms with Gasteiger partial charge in [0.25, 0.3) is 0 Å². The molecule has 0 radical (unpaired) electrons. The van der Waals surface area contributed by atoms with Crippen molar-refractivity contribution in [1.82, 2.24) is 20.2 Å². The number of aromatic amines is 1.